The van der Waals surface area contributed by atoms with Crippen molar-refractivity contribution in [3.05, 3.63) is 76.3 Å². The lowest BCUT2D eigenvalue weighted by molar-refractivity contribution is -0.122. The maximum absolute atomic E-state index is 12.8. The van der Waals surface area contributed by atoms with Gasteiger partial charge in [-0.1, -0.05) is 65.7 Å². The minimum Gasteiger partial charge on any atom is -0.350 e. The second kappa shape index (κ2) is 8.61. The van der Waals surface area contributed by atoms with Crippen molar-refractivity contribution in [1.82, 2.24) is 5.32 Å². The molecule has 3 rings (SSSR count). The number of benzene rings is 3. The predicted molar refractivity (Wildman–Crippen MR) is 119 cm³/mol. The van der Waals surface area contributed by atoms with E-state index in [9.17, 15) is 13.2 Å². The molecule has 0 aliphatic rings. The molecule has 0 heterocycles. The molecule has 0 saturated heterocycles. The number of hydrogen-bond acceptors (Lipinski definition) is 3. The lowest BCUT2D eigenvalue weighted by atomic mass is 10.0. The van der Waals surface area contributed by atoms with E-state index in [2.05, 4.69) is 5.32 Å². The number of hydrogen-bond donors (Lipinski definition) is 1. The third-order valence-electron chi connectivity index (χ3n) is 4.58. The van der Waals surface area contributed by atoms with Crippen LogP contribution in [0.3, 0.4) is 0 Å². The summed E-state index contributed by atoms with van der Waals surface area (Å²) in [4.78, 5) is 12.8. The monoisotopic (exact) mass is 450 g/mol. The van der Waals surface area contributed by atoms with Crippen LogP contribution in [-0.4, -0.2) is 26.6 Å². The number of anilines is 1. The van der Waals surface area contributed by atoms with E-state index in [1.54, 1.807) is 0 Å². The summed E-state index contributed by atoms with van der Waals surface area (Å²) in [5.74, 6) is -0.422. The number of nitrogens with zero attached hydrogens (tertiary/aromatic N) is 1. The zero-order valence-corrected chi connectivity index (χ0v) is 18.2. The van der Waals surface area contributed by atoms with Crippen LogP contribution in [-0.2, 0) is 21.4 Å². The Kier molecular flexibility index (Phi) is 6.36. The van der Waals surface area contributed by atoms with Crippen LogP contribution in [0.1, 0.15) is 12.5 Å². The van der Waals surface area contributed by atoms with E-state index < -0.39 is 22.0 Å². The molecule has 8 heteroatoms. The second-order valence-corrected chi connectivity index (χ2v) is 9.36. The van der Waals surface area contributed by atoms with Crippen LogP contribution < -0.4 is 9.62 Å². The standard InChI is InChI=1S/C21H20Cl2N2O3S/c1-14(25(29(2,27)28)17-10-11-19(22)20(23)12-17)21(26)24-13-16-8-5-7-15-6-3-4-9-18(15)16/h3-12,14H,13H2,1-2H3,(H,24,26). The molecule has 0 spiro atoms. The van der Waals surface area contributed by atoms with Crippen molar-refractivity contribution >= 4 is 55.6 Å². The first-order valence-corrected chi connectivity index (χ1v) is 11.5. The van der Waals surface area contributed by atoms with Crippen LogP contribution in [0.2, 0.25) is 10.0 Å². The fourth-order valence-electron chi connectivity index (χ4n) is 3.21. The van der Waals surface area contributed by atoms with Crippen LogP contribution in [0.25, 0.3) is 10.8 Å². The highest BCUT2D eigenvalue weighted by atomic mass is 35.5. The Morgan fingerprint density at radius 2 is 1.72 bits per heavy atom. The number of nitrogens with one attached hydrogen (secondary N) is 1. The zero-order valence-electron chi connectivity index (χ0n) is 15.9. The van der Waals surface area contributed by atoms with Gasteiger partial charge in [-0.2, -0.15) is 0 Å². The Bertz CT molecular complexity index is 1160. The van der Waals surface area contributed by atoms with Gasteiger partial charge in [-0.05, 0) is 41.5 Å². The van der Waals surface area contributed by atoms with Crippen molar-refractivity contribution < 1.29 is 13.2 Å². The molecule has 1 N–H and O–H groups in total. The molecule has 1 unspecified atom stereocenters. The lowest BCUT2D eigenvalue weighted by Gasteiger charge is -2.28. The number of sulfonamides is 1. The van der Waals surface area contributed by atoms with Gasteiger partial charge in [0.2, 0.25) is 15.9 Å². The highest BCUT2D eigenvalue weighted by Crippen LogP contribution is 2.29. The van der Waals surface area contributed by atoms with Gasteiger partial charge < -0.3 is 5.32 Å². The molecule has 1 amide bonds. The minimum atomic E-state index is -3.74. The Balaban J connectivity index is 1.83. The van der Waals surface area contributed by atoms with E-state index >= 15 is 0 Å². The summed E-state index contributed by atoms with van der Waals surface area (Å²) in [5, 5.41) is 5.45. The summed E-state index contributed by atoms with van der Waals surface area (Å²) in [6.07, 6.45) is 1.05. The van der Waals surface area contributed by atoms with E-state index in [-0.39, 0.29) is 17.3 Å². The van der Waals surface area contributed by atoms with Crippen molar-refractivity contribution in [2.75, 3.05) is 10.6 Å². The molecular weight excluding hydrogens is 431 g/mol. The first-order chi connectivity index (χ1) is 13.7. The van der Waals surface area contributed by atoms with Crippen molar-refractivity contribution in [1.29, 1.82) is 0 Å². The zero-order chi connectivity index (χ0) is 21.2. The quantitative estimate of drug-likeness (QED) is 0.595. The van der Waals surface area contributed by atoms with Gasteiger partial charge in [0.05, 0.1) is 22.0 Å². The van der Waals surface area contributed by atoms with Crippen molar-refractivity contribution in [3.63, 3.8) is 0 Å². The summed E-state index contributed by atoms with van der Waals surface area (Å²) in [6, 6.07) is 17.2. The number of carbonyl (C=O) groups excluding carboxylic acids is 1. The molecule has 3 aromatic rings. The van der Waals surface area contributed by atoms with Crippen molar-refractivity contribution in [2.45, 2.75) is 19.5 Å². The average Bonchev–Trinajstić information content (AvgIpc) is 2.67. The van der Waals surface area contributed by atoms with Crippen LogP contribution >= 0.6 is 23.2 Å². The summed E-state index contributed by atoms with van der Waals surface area (Å²) >= 11 is 12.0. The molecule has 1 atom stereocenters. The molecule has 29 heavy (non-hydrogen) atoms. The summed E-state index contributed by atoms with van der Waals surface area (Å²) < 4.78 is 25.8. The molecule has 3 aromatic carbocycles. The number of rotatable bonds is 6. The molecule has 0 aliphatic heterocycles. The van der Waals surface area contributed by atoms with Gasteiger partial charge in [0.1, 0.15) is 6.04 Å². The first kappa shape index (κ1) is 21.4. The molecule has 0 aliphatic carbocycles. The average molecular weight is 451 g/mol. The molecule has 0 bridgehead atoms. The van der Waals surface area contributed by atoms with E-state index in [1.165, 1.54) is 25.1 Å². The van der Waals surface area contributed by atoms with Crippen molar-refractivity contribution in [3.8, 4) is 0 Å². The lowest BCUT2D eigenvalue weighted by Crippen LogP contribution is -2.47. The first-order valence-electron chi connectivity index (χ1n) is 8.87. The second-order valence-electron chi connectivity index (χ2n) is 6.69. The Hall–Kier alpha value is -2.28. The van der Waals surface area contributed by atoms with Gasteiger partial charge in [-0.25, -0.2) is 8.42 Å². The molecule has 0 fully saturated rings. The Morgan fingerprint density at radius 1 is 1.03 bits per heavy atom. The summed E-state index contributed by atoms with van der Waals surface area (Å²) in [5.41, 5.74) is 1.22. The third kappa shape index (κ3) is 4.83. The predicted octanol–water partition coefficient (Wildman–Crippen LogP) is 4.62. The minimum absolute atomic E-state index is 0.209. The van der Waals surface area contributed by atoms with E-state index in [0.29, 0.717) is 5.02 Å². The van der Waals surface area contributed by atoms with Gasteiger partial charge in [0.15, 0.2) is 0 Å². The van der Waals surface area contributed by atoms with E-state index in [0.717, 1.165) is 26.9 Å². The maximum Gasteiger partial charge on any atom is 0.243 e. The largest absolute Gasteiger partial charge is 0.350 e. The molecular formula is C21H20Cl2N2O3S. The smallest absolute Gasteiger partial charge is 0.243 e. The molecule has 0 saturated carbocycles. The third-order valence-corrected chi connectivity index (χ3v) is 6.56. The molecule has 152 valence electrons. The SMILES string of the molecule is CC(C(=O)NCc1cccc2ccccc12)N(c1ccc(Cl)c(Cl)c1)S(C)(=O)=O. The van der Waals surface area contributed by atoms with Gasteiger partial charge in [-0.3, -0.25) is 9.10 Å². The molecule has 0 radical (unpaired) electrons. The number of fused-ring (bicyclic) bond motifs is 1. The Labute approximate surface area is 180 Å². The highest BCUT2D eigenvalue weighted by Gasteiger charge is 2.29. The number of carbonyl (C=O) groups is 1. The van der Waals surface area contributed by atoms with Crippen LogP contribution in [0.5, 0.6) is 0 Å². The van der Waals surface area contributed by atoms with Crippen LogP contribution in [0, 0.1) is 0 Å². The molecule has 0 aromatic heterocycles. The number of amides is 1. The van der Waals surface area contributed by atoms with Gasteiger partial charge >= 0.3 is 0 Å². The molecule has 5 nitrogen and oxygen atoms in total. The highest BCUT2D eigenvalue weighted by molar-refractivity contribution is 7.92. The topological polar surface area (TPSA) is 66.5 Å². The van der Waals surface area contributed by atoms with Crippen LogP contribution in [0.15, 0.2) is 60.7 Å². The van der Waals surface area contributed by atoms with Crippen molar-refractivity contribution in [2.24, 2.45) is 0 Å². The fourth-order valence-corrected chi connectivity index (χ4v) is 4.67. The van der Waals surface area contributed by atoms with Crippen LogP contribution in [0.4, 0.5) is 5.69 Å². The fraction of sp³-hybridized carbons (Fsp3) is 0.190. The maximum atomic E-state index is 12.8. The normalized spacial score (nSPS) is 12.6. The Morgan fingerprint density at radius 3 is 2.41 bits per heavy atom. The van der Waals surface area contributed by atoms with E-state index in [1.807, 2.05) is 42.5 Å². The van der Waals surface area contributed by atoms with Gasteiger partial charge in [0.25, 0.3) is 0 Å². The summed E-state index contributed by atoms with van der Waals surface area (Å²) in [7, 11) is -3.74. The number of halogens is 2. The van der Waals surface area contributed by atoms with E-state index in [4.69, 9.17) is 23.2 Å². The van der Waals surface area contributed by atoms with Gasteiger partial charge in [0, 0.05) is 6.54 Å². The summed E-state index contributed by atoms with van der Waals surface area (Å²) in [6.45, 7) is 1.81. The van der Waals surface area contributed by atoms with Gasteiger partial charge in [-0.15, -0.1) is 0 Å².